The molecule has 0 aliphatic heterocycles. The van der Waals surface area contributed by atoms with E-state index in [0.29, 0.717) is 12.5 Å². The maximum absolute atomic E-state index is 11.2. The Labute approximate surface area is 162 Å². The number of hydrogen-bond donors (Lipinski definition) is 0. The first-order valence-corrected chi connectivity index (χ1v) is 11.1. The molecule has 0 bridgehead atoms. The van der Waals surface area contributed by atoms with Gasteiger partial charge in [-0.25, -0.2) is 4.79 Å². The topological polar surface area (TPSA) is 35.5 Å². The third-order valence-electron chi connectivity index (χ3n) is 4.52. The maximum Gasteiger partial charge on any atom is 0.513 e. The van der Waals surface area contributed by atoms with Crippen molar-refractivity contribution in [1.29, 1.82) is 0 Å². The first-order valence-electron chi connectivity index (χ1n) is 11.1. The van der Waals surface area contributed by atoms with E-state index in [4.69, 9.17) is 9.47 Å². The first-order chi connectivity index (χ1) is 12.7. The van der Waals surface area contributed by atoms with Gasteiger partial charge < -0.3 is 9.47 Å². The van der Waals surface area contributed by atoms with Gasteiger partial charge in [0.25, 0.3) is 0 Å². The highest BCUT2D eigenvalue weighted by molar-refractivity contribution is 5.60. The Kier molecular flexibility index (Phi) is 19.5. The fourth-order valence-electron chi connectivity index (χ4n) is 2.90. The zero-order valence-electron chi connectivity index (χ0n) is 17.8. The molecule has 0 saturated heterocycles. The van der Waals surface area contributed by atoms with Gasteiger partial charge >= 0.3 is 6.16 Å². The zero-order valence-corrected chi connectivity index (χ0v) is 17.8. The summed E-state index contributed by atoms with van der Waals surface area (Å²) in [6.45, 7) is 6.68. The molecule has 0 atom stereocenters. The number of rotatable bonds is 18. The summed E-state index contributed by atoms with van der Waals surface area (Å²) in [6, 6.07) is 0. The summed E-state index contributed by atoms with van der Waals surface area (Å²) in [5.74, 6) is 0.335. The lowest BCUT2D eigenvalue weighted by atomic mass is 10.0. The highest BCUT2D eigenvalue weighted by Crippen LogP contribution is 2.13. The molecule has 0 heterocycles. The van der Waals surface area contributed by atoms with Gasteiger partial charge in [-0.05, 0) is 24.8 Å². The Balaban J connectivity index is 3.17. The number of unbranched alkanes of at least 4 members (excludes halogenated alkanes) is 14. The van der Waals surface area contributed by atoms with Crippen LogP contribution in [0.25, 0.3) is 0 Å². The summed E-state index contributed by atoms with van der Waals surface area (Å²) in [7, 11) is 0. The Morgan fingerprint density at radius 2 is 1.23 bits per heavy atom. The monoisotopic (exact) mass is 368 g/mol. The SMILES string of the molecule is CCCCCCCCCCCCCCCC/C=C/OC(=O)OCC(C)C. The van der Waals surface area contributed by atoms with Crippen LogP contribution in [0.5, 0.6) is 0 Å². The lowest BCUT2D eigenvalue weighted by Gasteiger charge is -2.04. The number of carbonyl (C=O) groups excluding carboxylic acids is 1. The van der Waals surface area contributed by atoms with Gasteiger partial charge in [-0.3, -0.25) is 0 Å². The van der Waals surface area contributed by atoms with E-state index in [-0.39, 0.29) is 0 Å². The van der Waals surface area contributed by atoms with Crippen molar-refractivity contribution >= 4 is 6.16 Å². The summed E-state index contributed by atoms with van der Waals surface area (Å²) < 4.78 is 9.79. The van der Waals surface area contributed by atoms with Crippen LogP contribution in [0.4, 0.5) is 4.79 Å². The smallest absolute Gasteiger partial charge is 0.434 e. The average molecular weight is 369 g/mol. The second-order valence-corrected chi connectivity index (χ2v) is 7.83. The molecule has 0 rings (SSSR count). The summed E-state index contributed by atoms with van der Waals surface area (Å²) in [5.41, 5.74) is 0. The van der Waals surface area contributed by atoms with E-state index in [1.807, 2.05) is 19.9 Å². The van der Waals surface area contributed by atoms with Gasteiger partial charge in [0.15, 0.2) is 0 Å². The molecule has 0 spiro atoms. The molecule has 0 unspecified atom stereocenters. The largest absolute Gasteiger partial charge is 0.513 e. The summed E-state index contributed by atoms with van der Waals surface area (Å²) >= 11 is 0. The van der Waals surface area contributed by atoms with Gasteiger partial charge in [-0.1, -0.05) is 104 Å². The lowest BCUT2D eigenvalue weighted by Crippen LogP contribution is -2.08. The van der Waals surface area contributed by atoms with Gasteiger partial charge in [0, 0.05) is 0 Å². The molecule has 0 saturated carbocycles. The molecule has 0 aliphatic carbocycles. The van der Waals surface area contributed by atoms with E-state index < -0.39 is 6.16 Å². The van der Waals surface area contributed by atoms with Crippen LogP contribution in [0.15, 0.2) is 12.3 Å². The molecule has 0 fully saturated rings. The van der Waals surface area contributed by atoms with E-state index >= 15 is 0 Å². The van der Waals surface area contributed by atoms with Gasteiger partial charge in [0.2, 0.25) is 0 Å². The molecule has 0 aromatic heterocycles. The van der Waals surface area contributed by atoms with Crippen molar-refractivity contribution in [2.24, 2.45) is 5.92 Å². The van der Waals surface area contributed by atoms with Crippen LogP contribution in [0.2, 0.25) is 0 Å². The normalized spacial score (nSPS) is 11.4. The van der Waals surface area contributed by atoms with Crippen LogP contribution in [-0.2, 0) is 9.47 Å². The van der Waals surface area contributed by atoms with Crippen molar-refractivity contribution in [2.45, 2.75) is 117 Å². The molecule has 0 amide bonds. The van der Waals surface area contributed by atoms with Crippen molar-refractivity contribution in [3.05, 3.63) is 12.3 Å². The van der Waals surface area contributed by atoms with Crippen molar-refractivity contribution in [1.82, 2.24) is 0 Å². The van der Waals surface area contributed by atoms with Crippen molar-refractivity contribution in [3.8, 4) is 0 Å². The van der Waals surface area contributed by atoms with E-state index in [1.54, 1.807) is 0 Å². The highest BCUT2D eigenvalue weighted by Gasteiger charge is 2.02. The van der Waals surface area contributed by atoms with Crippen LogP contribution in [0, 0.1) is 5.92 Å². The number of hydrogen-bond acceptors (Lipinski definition) is 3. The molecular formula is C23H44O3. The molecule has 0 aliphatic rings. The number of ether oxygens (including phenoxy) is 2. The van der Waals surface area contributed by atoms with Crippen molar-refractivity contribution < 1.29 is 14.3 Å². The summed E-state index contributed by atoms with van der Waals surface area (Å²) in [5, 5.41) is 0. The lowest BCUT2D eigenvalue weighted by molar-refractivity contribution is 0.0749. The highest BCUT2D eigenvalue weighted by atomic mass is 16.7. The van der Waals surface area contributed by atoms with Crippen LogP contribution in [0.1, 0.15) is 117 Å². The molecule has 154 valence electrons. The van der Waals surface area contributed by atoms with Gasteiger partial charge in [-0.15, -0.1) is 0 Å². The zero-order chi connectivity index (χ0) is 19.3. The predicted octanol–water partition coefficient (Wildman–Crippen LogP) is 8.18. The first kappa shape index (κ1) is 25.0. The molecule has 0 aromatic rings. The van der Waals surface area contributed by atoms with Gasteiger partial charge in [0.1, 0.15) is 0 Å². The van der Waals surface area contributed by atoms with Gasteiger partial charge in [-0.2, -0.15) is 0 Å². The fraction of sp³-hybridized carbons (Fsp3) is 0.870. The number of carbonyl (C=O) groups is 1. The molecule has 3 nitrogen and oxygen atoms in total. The molecule has 0 aromatic carbocycles. The van der Waals surface area contributed by atoms with Crippen molar-refractivity contribution in [2.75, 3.05) is 6.61 Å². The minimum absolute atomic E-state index is 0.335. The Hall–Kier alpha value is -0.990. The van der Waals surface area contributed by atoms with E-state index in [1.165, 1.54) is 96.2 Å². The molecule has 0 radical (unpaired) electrons. The second-order valence-electron chi connectivity index (χ2n) is 7.83. The van der Waals surface area contributed by atoms with E-state index in [9.17, 15) is 4.79 Å². The van der Waals surface area contributed by atoms with Crippen LogP contribution < -0.4 is 0 Å². The molecular weight excluding hydrogens is 324 g/mol. The second kappa shape index (κ2) is 20.3. The standard InChI is InChI=1S/C23H44O3/c1-4-5-6-7-8-9-10-11-12-13-14-15-16-17-18-19-20-25-23(24)26-21-22(2)3/h19-20,22H,4-18,21H2,1-3H3/b20-19+. The Morgan fingerprint density at radius 3 is 1.69 bits per heavy atom. The fourth-order valence-corrected chi connectivity index (χ4v) is 2.90. The third kappa shape index (κ3) is 21.1. The van der Waals surface area contributed by atoms with Crippen LogP contribution >= 0.6 is 0 Å². The summed E-state index contributed by atoms with van der Waals surface area (Å²) in [6.07, 6.45) is 23.0. The predicted molar refractivity (Wildman–Crippen MR) is 111 cm³/mol. The van der Waals surface area contributed by atoms with Gasteiger partial charge in [0.05, 0.1) is 12.9 Å². The maximum atomic E-state index is 11.2. The van der Waals surface area contributed by atoms with E-state index in [2.05, 4.69) is 6.92 Å². The Bertz CT molecular complexity index is 323. The van der Waals surface area contributed by atoms with Crippen molar-refractivity contribution in [3.63, 3.8) is 0 Å². The van der Waals surface area contributed by atoms with E-state index in [0.717, 1.165) is 6.42 Å². The minimum atomic E-state index is -0.601. The Morgan fingerprint density at radius 1 is 0.769 bits per heavy atom. The molecule has 0 N–H and O–H groups in total. The quantitative estimate of drug-likeness (QED) is 0.139. The minimum Gasteiger partial charge on any atom is -0.434 e. The van der Waals surface area contributed by atoms with Crippen LogP contribution in [0.3, 0.4) is 0 Å². The summed E-state index contributed by atoms with van der Waals surface area (Å²) in [4.78, 5) is 11.2. The third-order valence-corrected chi connectivity index (χ3v) is 4.52. The molecule has 26 heavy (non-hydrogen) atoms. The van der Waals surface area contributed by atoms with Crippen LogP contribution in [-0.4, -0.2) is 12.8 Å². The average Bonchev–Trinajstić information content (AvgIpc) is 2.62. The number of allylic oxidation sites excluding steroid dienone is 1. The molecule has 3 heteroatoms.